The normalized spacial score (nSPS) is 12.8. The summed E-state index contributed by atoms with van der Waals surface area (Å²) >= 11 is 1.79. The predicted octanol–water partition coefficient (Wildman–Crippen LogP) is 4.13. The fourth-order valence-corrected chi connectivity index (χ4v) is 2.64. The van der Waals surface area contributed by atoms with Gasteiger partial charge in [0, 0.05) is 17.5 Å². The predicted molar refractivity (Wildman–Crippen MR) is 87.0 cm³/mol. The zero-order valence-corrected chi connectivity index (χ0v) is 12.6. The first-order valence-electron chi connectivity index (χ1n) is 6.92. The first kappa shape index (κ1) is 15.0. The molecule has 2 rings (SSSR count). The van der Waals surface area contributed by atoms with Gasteiger partial charge in [-0.1, -0.05) is 48.6 Å². The molecule has 1 heterocycles. The van der Waals surface area contributed by atoms with Crippen LogP contribution in [0.4, 0.5) is 0 Å². The summed E-state index contributed by atoms with van der Waals surface area (Å²) in [7, 11) is 0. The second kappa shape index (κ2) is 8.69. The zero-order chi connectivity index (χ0) is 14.0. The molecule has 1 N–H and O–H groups in total. The maximum absolute atomic E-state index is 5.58. The minimum Gasteiger partial charge on any atom is -0.376 e. The van der Waals surface area contributed by atoms with Gasteiger partial charge in [-0.05, 0) is 23.9 Å². The molecule has 106 valence electrons. The van der Waals surface area contributed by atoms with Crippen molar-refractivity contribution in [3.05, 3.63) is 64.4 Å². The highest BCUT2D eigenvalue weighted by atomic mass is 32.1. The molecule has 1 aromatic heterocycles. The molecule has 1 atom stereocenters. The molecule has 0 aliphatic heterocycles. The summed E-state index contributed by atoms with van der Waals surface area (Å²) in [6.07, 6.45) is 4.14. The highest BCUT2D eigenvalue weighted by Crippen LogP contribution is 2.17. The van der Waals surface area contributed by atoms with E-state index in [1.165, 1.54) is 10.4 Å². The summed E-state index contributed by atoms with van der Waals surface area (Å²) in [5.41, 5.74) is 1.21. The molecule has 1 unspecified atom stereocenters. The van der Waals surface area contributed by atoms with Gasteiger partial charge >= 0.3 is 0 Å². The van der Waals surface area contributed by atoms with Gasteiger partial charge in [0.15, 0.2) is 0 Å². The van der Waals surface area contributed by atoms with Crippen LogP contribution in [0.25, 0.3) is 6.08 Å². The fourth-order valence-electron chi connectivity index (χ4n) is 1.89. The molecule has 3 heteroatoms. The van der Waals surface area contributed by atoms with Crippen molar-refractivity contribution < 1.29 is 4.74 Å². The lowest BCUT2D eigenvalue weighted by molar-refractivity contribution is 0.162. The van der Waals surface area contributed by atoms with E-state index >= 15 is 0 Å². The number of ether oxygens (including phenoxy) is 1. The fraction of sp³-hybridized carbons (Fsp3) is 0.294. The van der Waals surface area contributed by atoms with E-state index in [4.69, 9.17) is 4.74 Å². The molecule has 0 amide bonds. The Morgan fingerprint density at radius 3 is 2.80 bits per heavy atom. The Bertz CT molecular complexity index is 493. The van der Waals surface area contributed by atoms with Gasteiger partial charge in [-0.25, -0.2) is 0 Å². The van der Waals surface area contributed by atoms with Crippen molar-refractivity contribution in [2.45, 2.75) is 13.0 Å². The van der Waals surface area contributed by atoms with E-state index in [0.717, 1.165) is 13.2 Å². The Morgan fingerprint density at radius 2 is 2.05 bits per heavy atom. The van der Waals surface area contributed by atoms with Crippen molar-refractivity contribution in [3.8, 4) is 0 Å². The van der Waals surface area contributed by atoms with Crippen molar-refractivity contribution in [1.82, 2.24) is 5.32 Å². The maximum atomic E-state index is 5.58. The minimum atomic E-state index is 0.401. The summed E-state index contributed by atoms with van der Waals surface area (Å²) < 4.78 is 5.58. The van der Waals surface area contributed by atoms with E-state index in [1.807, 2.05) is 18.2 Å². The van der Waals surface area contributed by atoms with E-state index in [0.29, 0.717) is 12.6 Å². The van der Waals surface area contributed by atoms with E-state index < -0.39 is 0 Å². The molecule has 1 aromatic carbocycles. The Kier molecular flexibility index (Phi) is 6.51. The molecular weight excluding hydrogens is 266 g/mol. The van der Waals surface area contributed by atoms with Gasteiger partial charge in [-0.3, -0.25) is 0 Å². The molecular formula is C17H21NOS. The maximum Gasteiger partial charge on any atom is 0.0651 e. The Balaban J connectivity index is 1.55. The van der Waals surface area contributed by atoms with Gasteiger partial charge in [-0.2, -0.15) is 0 Å². The number of benzene rings is 1. The van der Waals surface area contributed by atoms with Gasteiger partial charge in [-0.15, -0.1) is 11.3 Å². The summed E-state index contributed by atoms with van der Waals surface area (Å²) in [5, 5.41) is 5.56. The third-order valence-electron chi connectivity index (χ3n) is 2.99. The van der Waals surface area contributed by atoms with Crippen LogP contribution < -0.4 is 5.32 Å². The standard InChI is InChI=1S/C17H21NOS/c1-15(17-10-6-14-20-17)18-11-13-19-12-5-9-16-7-3-2-4-8-16/h2-10,14-15,18H,11-13H2,1H3. The number of hydrogen-bond donors (Lipinski definition) is 1. The zero-order valence-electron chi connectivity index (χ0n) is 11.8. The van der Waals surface area contributed by atoms with Crippen LogP contribution in [0.15, 0.2) is 53.9 Å². The van der Waals surface area contributed by atoms with Crippen LogP contribution in [0.2, 0.25) is 0 Å². The van der Waals surface area contributed by atoms with Crippen molar-refractivity contribution in [3.63, 3.8) is 0 Å². The van der Waals surface area contributed by atoms with Crippen molar-refractivity contribution in [2.75, 3.05) is 19.8 Å². The Labute approximate surface area is 125 Å². The quantitative estimate of drug-likeness (QED) is 0.737. The van der Waals surface area contributed by atoms with Crippen molar-refractivity contribution in [1.29, 1.82) is 0 Å². The van der Waals surface area contributed by atoms with E-state index in [-0.39, 0.29) is 0 Å². The Morgan fingerprint density at radius 1 is 1.20 bits per heavy atom. The van der Waals surface area contributed by atoms with Crippen LogP contribution in [0.5, 0.6) is 0 Å². The molecule has 0 spiro atoms. The molecule has 20 heavy (non-hydrogen) atoms. The van der Waals surface area contributed by atoms with Crippen LogP contribution in [0.1, 0.15) is 23.4 Å². The van der Waals surface area contributed by atoms with E-state index in [2.05, 4.69) is 54.0 Å². The second-order valence-corrected chi connectivity index (χ2v) is 5.56. The average molecular weight is 287 g/mol. The summed E-state index contributed by atoms with van der Waals surface area (Å²) in [6, 6.07) is 14.9. The minimum absolute atomic E-state index is 0.401. The first-order chi connectivity index (χ1) is 9.86. The lowest BCUT2D eigenvalue weighted by Gasteiger charge is -2.11. The lowest BCUT2D eigenvalue weighted by Crippen LogP contribution is -2.22. The van der Waals surface area contributed by atoms with Crippen LogP contribution in [-0.4, -0.2) is 19.8 Å². The molecule has 0 radical (unpaired) electrons. The van der Waals surface area contributed by atoms with Gasteiger partial charge in [0.2, 0.25) is 0 Å². The van der Waals surface area contributed by atoms with E-state index in [1.54, 1.807) is 11.3 Å². The highest BCUT2D eigenvalue weighted by molar-refractivity contribution is 7.10. The first-order valence-corrected chi connectivity index (χ1v) is 7.80. The Hall–Kier alpha value is -1.42. The van der Waals surface area contributed by atoms with Crippen LogP contribution in [0.3, 0.4) is 0 Å². The largest absolute Gasteiger partial charge is 0.376 e. The van der Waals surface area contributed by atoms with Gasteiger partial charge in [0.25, 0.3) is 0 Å². The monoisotopic (exact) mass is 287 g/mol. The molecule has 2 nitrogen and oxygen atoms in total. The number of rotatable bonds is 8. The molecule has 0 aliphatic rings. The smallest absolute Gasteiger partial charge is 0.0651 e. The van der Waals surface area contributed by atoms with Crippen LogP contribution in [0, 0.1) is 0 Å². The molecule has 0 bridgehead atoms. The summed E-state index contributed by atoms with van der Waals surface area (Å²) in [5.74, 6) is 0. The third kappa shape index (κ3) is 5.29. The lowest BCUT2D eigenvalue weighted by atomic mass is 10.2. The molecule has 0 aliphatic carbocycles. The van der Waals surface area contributed by atoms with Crippen LogP contribution in [-0.2, 0) is 4.74 Å². The van der Waals surface area contributed by atoms with Crippen LogP contribution >= 0.6 is 11.3 Å². The third-order valence-corrected chi connectivity index (χ3v) is 4.05. The molecule has 2 aromatic rings. The SMILES string of the molecule is CC(NCCOCC=Cc1ccccc1)c1cccs1. The topological polar surface area (TPSA) is 21.3 Å². The number of thiophene rings is 1. The summed E-state index contributed by atoms with van der Waals surface area (Å²) in [6.45, 7) is 4.44. The molecule has 0 saturated carbocycles. The number of hydrogen-bond acceptors (Lipinski definition) is 3. The molecule has 0 saturated heterocycles. The van der Waals surface area contributed by atoms with Gasteiger partial charge in [0.1, 0.15) is 0 Å². The average Bonchev–Trinajstić information content (AvgIpc) is 3.01. The van der Waals surface area contributed by atoms with Gasteiger partial charge in [0.05, 0.1) is 13.2 Å². The highest BCUT2D eigenvalue weighted by Gasteiger charge is 2.03. The van der Waals surface area contributed by atoms with Crippen molar-refractivity contribution in [2.24, 2.45) is 0 Å². The molecule has 0 fully saturated rings. The summed E-state index contributed by atoms with van der Waals surface area (Å²) in [4.78, 5) is 1.37. The van der Waals surface area contributed by atoms with Crippen molar-refractivity contribution >= 4 is 17.4 Å². The van der Waals surface area contributed by atoms with Gasteiger partial charge < -0.3 is 10.1 Å². The van der Waals surface area contributed by atoms with E-state index in [9.17, 15) is 0 Å². The second-order valence-electron chi connectivity index (χ2n) is 4.58. The number of nitrogens with one attached hydrogen (secondary N) is 1.